The number of unbranched alkanes of at least 4 members (excludes halogenated alkanes) is 1. The number of fused-ring (bicyclic) bond motifs is 3. The van der Waals surface area contributed by atoms with Crippen molar-refractivity contribution in [3.8, 4) is 23.8 Å². The quantitative estimate of drug-likeness (QED) is 0.0894. The van der Waals surface area contributed by atoms with E-state index in [0.29, 0.717) is 49.2 Å². The number of para-hydroxylation sites is 1. The number of hydrogen-bond donors (Lipinski definition) is 5. The molecule has 0 spiro atoms. The summed E-state index contributed by atoms with van der Waals surface area (Å²) in [7, 11) is -4.88. The van der Waals surface area contributed by atoms with E-state index in [1.54, 1.807) is 12.1 Å². The van der Waals surface area contributed by atoms with Crippen LogP contribution in [0.4, 0.5) is 5.82 Å². The maximum absolute atomic E-state index is 11.4. The first-order chi connectivity index (χ1) is 19.6. The summed E-state index contributed by atoms with van der Waals surface area (Å²) >= 11 is 0. The molecule has 1 amide bonds. The number of benzene rings is 2. The fourth-order valence-corrected chi connectivity index (χ4v) is 4.91. The van der Waals surface area contributed by atoms with Gasteiger partial charge < -0.3 is 30.0 Å². The molecule has 0 radical (unpaired) electrons. The number of imidazole rings is 1. The zero-order valence-electron chi connectivity index (χ0n) is 22.5. The van der Waals surface area contributed by atoms with E-state index in [-0.39, 0.29) is 23.9 Å². The number of aromatic hydroxyl groups is 1. The molecule has 0 saturated heterocycles. The molecule has 0 unspecified atom stereocenters. The number of nitrogens with two attached hydrogens (primary N) is 1. The van der Waals surface area contributed by atoms with Gasteiger partial charge in [-0.3, -0.25) is 14.6 Å². The summed E-state index contributed by atoms with van der Waals surface area (Å²) in [6.45, 7) is 3.28. The minimum absolute atomic E-state index is 0.148. The van der Waals surface area contributed by atoms with Gasteiger partial charge in [0.1, 0.15) is 11.3 Å². The van der Waals surface area contributed by atoms with Crippen molar-refractivity contribution in [2.75, 3.05) is 25.5 Å². The van der Waals surface area contributed by atoms with Gasteiger partial charge in [0, 0.05) is 23.9 Å². The maximum Gasteiger partial charge on any atom is 0.524 e. The number of phosphoric ester groups is 1. The van der Waals surface area contributed by atoms with Gasteiger partial charge in [-0.25, -0.2) is 14.5 Å². The van der Waals surface area contributed by atoms with Crippen LogP contribution in [0.2, 0.25) is 0 Å². The Morgan fingerprint density at radius 3 is 2.73 bits per heavy atom. The second kappa shape index (κ2) is 13.0. The van der Waals surface area contributed by atoms with Crippen molar-refractivity contribution in [1.82, 2.24) is 19.9 Å². The first-order valence-corrected chi connectivity index (χ1v) is 14.6. The van der Waals surface area contributed by atoms with Crippen LogP contribution in [0.1, 0.15) is 36.7 Å². The van der Waals surface area contributed by atoms with Crippen LogP contribution in [-0.4, -0.2) is 55.1 Å². The number of phenolic OH excluding ortho intramolecular Hbond substituents is 1. The molecule has 0 aliphatic heterocycles. The van der Waals surface area contributed by atoms with Crippen molar-refractivity contribution in [2.45, 2.75) is 39.2 Å². The molecule has 2 aromatic carbocycles. The molecule has 2 aromatic heterocycles. The molecule has 0 bridgehead atoms. The number of nitrogen functional groups attached to an aromatic ring is 1. The highest BCUT2D eigenvalue weighted by Crippen LogP contribution is 2.43. The number of rotatable bonds is 13. The third kappa shape index (κ3) is 7.34. The van der Waals surface area contributed by atoms with E-state index in [0.717, 1.165) is 35.1 Å². The number of amides is 1. The third-order valence-corrected chi connectivity index (χ3v) is 6.86. The monoisotopic (exact) mass is 581 g/mol. The van der Waals surface area contributed by atoms with Crippen molar-refractivity contribution in [2.24, 2.45) is 0 Å². The van der Waals surface area contributed by atoms with Crippen molar-refractivity contribution in [1.29, 1.82) is 0 Å². The first-order valence-electron chi connectivity index (χ1n) is 13.1. The summed E-state index contributed by atoms with van der Waals surface area (Å²) in [5, 5.41) is 14.2. The smallest absolute Gasteiger partial charge is 0.504 e. The van der Waals surface area contributed by atoms with Crippen molar-refractivity contribution in [3.05, 3.63) is 53.3 Å². The normalized spacial score (nSPS) is 11.6. The average molecular weight is 582 g/mol. The number of aromatic nitrogens is 3. The largest absolute Gasteiger partial charge is 0.524 e. The molecule has 0 saturated carbocycles. The first kappa shape index (κ1) is 29.8. The van der Waals surface area contributed by atoms with Crippen LogP contribution in [0.5, 0.6) is 11.5 Å². The second-order valence-electron chi connectivity index (χ2n) is 9.37. The Hall–Kier alpha value is -4.14. The highest BCUT2D eigenvalue weighted by atomic mass is 31.2. The number of ether oxygens (including phenoxy) is 1. The summed E-state index contributed by atoms with van der Waals surface area (Å²) in [4.78, 5) is 39.0. The van der Waals surface area contributed by atoms with Gasteiger partial charge in [0.25, 0.3) is 5.91 Å². The molecule has 2 heterocycles. The maximum atomic E-state index is 11.4. The standard InChI is InChI=1S/C28H32N5O7P/c1-3-5-9-23-32-25-26(33(23)17-19-7-6-8-22(27(19)35)40-41(36,37)38)20-16-18(10-11-21(20)31-28(25)29)12-14-39-15-13-30-24(34)4-2/h2,6-8,10-11,16,35H,3,5,9,12-15,17H2,1H3,(H2,29,31)(H,30,34)(H2,36,37,38). The van der Waals surface area contributed by atoms with E-state index in [9.17, 15) is 24.3 Å². The Balaban J connectivity index is 1.71. The number of terminal acetylenes is 1. The minimum Gasteiger partial charge on any atom is -0.504 e. The van der Waals surface area contributed by atoms with Crippen molar-refractivity contribution < 1.29 is 33.5 Å². The van der Waals surface area contributed by atoms with Crippen LogP contribution in [0.3, 0.4) is 0 Å². The van der Waals surface area contributed by atoms with E-state index in [1.807, 2.05) is 28.7 Å². The topological polar surface area (TPSA) is 182 Å². The predicted molar refractivity (Wildman–Crippen MR) is 154 cm³/mol. The lowest BCUT2D eigenvalue weighted by molar-refractivity contribution is -0.115. The van der Waals surface area contributed by atoms with Crippen LogP contribution in [-0.2, 0) is 33.5 Å². The number of phosphoric acid groups is 1. The molecule has 216 valence electrons. The number of hydrogen-bond acceptors (Lipinski definition) is 8. The van der Waals surface area contributed by atoms with Gasteiger partial charge in [-0.2, -0.15) is 0 Å². The highest BCUT2D eigenvalue weighted by molar-refractivity contribution is 7.46. The lowest BCUT2D eigenvalue weighted by atomic mass is 10.1. The van der Waals surface area contributed by atoms with E-state index >= 15 is 0 Å². The van der Waals surface area contributed by atoms with Gasteiger partial charge in [-0.05, 0) is 42.5 Å². The van der Waals surface area contributed by atoms with Crippen molar-refractivity contribution >= 4 is 41.5 Å². The van der Waals surface area contributed by atoms with Crippen LogP contribution in [0.25, 0.3) is 21.9 Å². The lowest BCUT2D eigenvalue weighted by Gasteiger charge is -2.15. The minimum atomic E-state index is -4.88. The fourth-order valence-electron chi connectivity index (χ4n) is 4.50. The Kier molecular flexibility index (Phi) is 9.47. The number of aryl methyl sites for hydroxylation is 1. The molecule has 4 aromatic rings. The van der Waals surface area contributed by atoms with Crippen LogP contribution in [0.15, 0.2) is 36.4 Å². The van der Waals surface area contributed by atoms with Gasteiger partial charge in [-0.15, -0.1) is 6.42 Å². The number of nitrogens with one attached hydrogen (secondary N) is 1. The number of pyridine rings is 1. The summed E-state index contributed by atoms with van der Waals surface area (Å²) in [5.41, 5.74) is 9.65. The Bertz CT molecular complexity index is 1660. The average Bonchev–Trinajstić information content (AvgIpc) is 3.29. The number of anilines is 1. The Morgan fingerprint density at radius 2 is 2.00 bits per heavy atom. The summed E-state index contributed by atoms with van der Waals surface area (Å²) < 4.78 is 23.7. The molecule has 41 heavy (non-hydrogen) atoms. The second-order valence-corrected chi connectivity index (χ2v) is 10.5. The van der Waals surface area contributed by atoms with Crippen molar-refractivity contribution in [3.63, 3.8) is 0 Å². The molecule has 4 rings (SSSR count). The number of nitrogens with zero attached hydrogens (tertiary/aromatic N) is 3. The van der Waals surface area contributed by atoms with Crippen LogP contribution >= 0.6 is 7.82 Å². The number of carbonyl (C=O) groups excluding carboxylic acids is 1. The van der Waals surface area contributed by atoms with Gasteiger partial charge in [-0.1, -0.05) is 31.5 Å². The van der Waals surface area contributed by atoms with Crippen LogP contribution in [0, 0.1) is 12.3 Å². The summed E-state index contributed by atoms with van der Waals surface area (Å²) in [6.07, 6.45) is 8.08. The number of carbonyl (C=O) groups is 1. The van der Waals surface area contributed by atoms with Gasteiger partial charge in [0.15, 0.2) is 17.3 Å². The molecule has 13 heteroatoms. The molecular weight excluding hydrogens is 549 g/mol. The molecule has 12 nitrogen and oxygen atoms in total. The Labute approximate surface area is 236 Å². The molecule has 0 fully saturated rings. The molecule has 0 aliphatic rings. The van der Waals surface area contributed by atoms with E-state index < -0.39 is 13.7 Å². The SMILES string of the molecule is C#CC(=O)NCCOCCc1ccc2nc(N)c3nc(CCCC)n(Cc4cccc(OP(=O)(O)O)c4O)c3c2c1. The van der Waals surface area contributed by atoms with Gasteiger partial charge in [0.05, 0.1) is 30.8 Å². The molecular formula is C28H32N5O7P. The van der Waals surface area contributed by atoms with Gasteiger partial charge in [0.2, 0.25) is 0 Å². The highest BCUT2D eigenvalue weighted by Gasteiger charge is 2.22. The predicted octanol–water partition coefficient (Wildman–Crippen LogP) is 3.04. The Morgan fingerprint density at radius 1 is 1.20 bits per heavy atom. The zero-order chi connectivity index (χ0) is 29.6. The van der Waals surface area contributed by atoms with E-state index in [4.69, 9.17) is 21.9 Å². The fraction of sp³-hybridized carbons (Fsp3) is 0.321. The van der Waals surface area contributed by atoms with E-state index in [2.05, 4.69) is 21.7 Å². The van der Waals surface area contributed by atoms with Gasteiger partial charge >= 0.3 is 7.82 Å². The third-order valence-electron chi connectivity index (χ3n) is 6.43. The molecule has 0 atom stereocenters. The summed E-state index contributed by atoms with van der Waals surface area (Å²) in [6, 6.07) is 10.3. The molecule has 0 aliphatic carbocycles. The van der Waals surface area contributed by atoms with E-state index in [1.165, 1.54) is 6.07 Å². The lowest BCUT2D eigenvalue weighted by Crippen LogP contribution is -2.25. The summed E-state index contributed by atoms with van der Waals surface area (Å²) in [5.74, 6) is 1.83. The van der Waals surface area contributed by atoms with Crippen LogP contribution < -0.4 is 15.6 Å². The number of phenols is 1. The molecule has 6 N–H and O–H groups in total. The zero-order valence-corrected chi connectivity index (χ0v) is 23.4.